The Labute approximate surface area is 184 Å². The average molecular weight is 428 g/mol. The molecule has 1 heterocycles. The molecule has 1 aliphatic rings. The zero-order valence-electron chi connectivity index (χ0n) is 17.5. The summed E-state index contributed by atoms with van der Waals surface area (Å²) in [6, 6.07) is 16.5. The molecule has 0 spiro atoms. The number of piperidine rings is 1. The van der Waals surface area contributed by atoms with Crippen LogP contribution in [0.1, 0.15) is 35.7 Å². The van der Waals surface area contributed by atoms with Gasteiger partial charge in [0.1, 0.15) is 0 Å². The molecule has 0 saturated carbocycles. The lowest BCUT2D eigenvalue weighted by Crippen LogP contribution is -2.44. The van der Waals surface area contributed by atoms with Crippen LogP contribution in [-0.4, -0.2) is 54.3 Å². The molecule has 1 saturated heterocycles. The molecule has 0 radical (unpaired) electrons. The van der Waals surface area contributed by atoms with Gasteiger partial charge >= 0.3 is 0 Å². The molecule has 0 bridgehead atoms. The number of hydrogen-bond donors (Lipinski definition) is 1. The van der Waals surface area contributed by atoms with Crippen molar-refractivity contribution in [2.24, 2.45) is 5.92 Å². The van der Waals surface area contributed by atoms with Crippen molar-refractivity contribution in [2.75, 3.05) is 32.7 Å². The van der Waals surface area contributed by atoms with E-state index in [1.807, 2.05) is 47.4 Å². The lowest BCUT2D eigenvalue weighted by Gasteiger charge is -2.32. The van der Waals surface area contributed by atoms with Gasteiger partial charge < -0.3 is 15.1 Å². The van der Waals surface area contributed by atoms with Crippen LogP contribution in [0.2, 0.25) is 5.02 Å². The third kappa shape index (κ3) is 6.85. The van der Waals surface area contributed by atoms with Gasteiger partial charge in [0.2, 0.25) is 5.91 Å². The molecule has 0 unspecified atom stereocenters. The summed E-state index contributed by atoms with van der Waals surface area (Å²) < 4.78 is 0. The van der Waals surface area contributed by atoms with Crippen LogP contribution < -0.4 is 5.32 Å². The van der Waals surface area contributed by atoms with Crippen molar-refractivity contribution in [1.82, 2.24) is 15.1 Å². The Morgan fingerprint density at radius 2 is 1.73 bits per heavy atom. The number of carbonyl (C=O) groups excluding carboxylic acids is 2. The first-order chi connectivity index (χ1) is 14.5. The maximum Gasteiger partial charge on any atom is 0.251 e. The highest BCUT2D eigenvalue weighted by Gasteiger charge is 2.19. The number of nitrogens with one attached hydrogen (secondary N) is 1. The zero-order valence-corrected chi connectivity index (χ0v) is 18.3. The van der Waals surface area contributed by atoms with Gasteiger partial charge in [-0.25, -0.2) is 0 Å². The smallest absolute Gasteiger partial charge is 0.251 e. The van der Waals surface area contributed by atoms with Crippen molar-refractivity contribution >= 4 is 23.4 Å². The first kappa shape index (κ1) is 22.3. The number of rotatable bonds is 8. The summed E-state index contributed by atoms with van der Waals surface area (Å²) in [5.74, 6) is 0.460. The second kappa shape index (κ2) is 11.1. The Balaban J connectivity index is 1.59. The first-order valence-corrected chi connectivity index (χ1v) is 11.0. The quantitative estimate of drug-likeness (QED) is 0.696. The molecule has 2 amide bonds. The highest BCUT2D eigenvalue weighted by Crippen LogP contribution is 2.16. The molecule has 1 fully saturated rings. The van der Waals surface area contributed by atoms with Gasteiger partial charge in [-0.15, -0.1) is 0 Å². The fourth-order valence-corrected chi connectivity index (χ4v) is 3.74. The first-order valence-electron chi connectivity index (χ1n) is 10.6. The number of amides is 2. The number of nitrogens with zero attached hydrogens (tertiary/aromatic N) is 2. The SMILES string of the molecule is CC1CCN(CCN(Cc2ccc(Cl)cc2)C(=O)CNC(=O)c2ccccc2)CC1. The molecule has 0 aromatic heterocycles. The van der Waals surface area contributed by atoms with E-state index in [2.05, 4.69) is 17.1 Å². The standard InChI is InChI=1S/C24H30ClN3O2/c1-19-11-13-27(14-12-19)15-16-28(18-20-7-9-22(25)10-8-20)23(29)17-26-24(30)21-5-3-2-4-6-21/h2-10,19H,11-18H2,1H3,(H,26,30). The van der Waals surface area contributed by atoms with Gasteiger partial charge in [0.25, 0.3) is 5.91 Å². The van der Waals surface area contributed by atoms with E-state index < -0.39 is 0 Å². The minimum absolute atomic E-state index is 0.0155. The van der Waals surface area contributed by atoms with E-state index in [0.717, 1.165) is 31.1 Å². The van der Waals surface area contributed by atoms with Crippen molar-refractivity contribution in [3.05, 3.63) is 70.7 Å². The fourth-order valence-electron chi connectivity index (χ4n) is 3.61. The normalized spacial score (nSPS) is 15.0. The summed E-state index contributed by atoms with van der Waals surface area (Å²) in [4.78, 5) is 29.5. The van der Waals surface area contributed by atoms with E-state index in [1.54, 1.807) is 12.1 Å². The molecule has 1 aliphatic heterocycles. The van der Waals surface area contributed by atoms with Gasteiger partial charge in [-0.2, -0.15) is 0 Å². The topological polar surface area (TPSA) is 52.6 Å². The molecule has 30 heavy (non-hydrogen) atoms. The van der Waals surface area contributed by atoms with Gasteiger partial charge in [-0.05, 0) is 61.7 Å². The highest BCUT2D eigenvalue weighted by molar-refractivity contribution is 6.30. The van der Waals surface area contributed by atoms with E-state index in [4.69, 9.17) is 11.6 Å². The third-order valence-electron chi connectivity index (χ3n) is 5.64. The van der Waals surface area contributed by atoms with Gasteiger partial charge in [0, 0.05) is 30.2 Å². The summed E-state index contributed by atoms with van der Waals surface area (Å²) in [6.45, 7) is 6.42. The summed E-state index contributed by atoms with van der Waals surface area (Å²) in [6.07, 6.45) is 2.41. The number of benzene rings is 2. The van der Waals surface area contributed by atoms with E-state index in [1.165, 1.54) is 12.8 Å². The Bertz CT molecular complexity index is 818. The Morgan fingerprint density at radius 3 is 2.40 bits per heavy atom. The van der Waals surface area contributed by atoms with Crippen molar-refractivity contribution in [3.8, 4) is 0 Å². The van der Waals surface area contributed by atoms with Crippen molar-refractivity contribution in [1.29, 1.82) is 0 Å². The minimum atomic E-state index is -0.236. The average Bonchev–Trinajstić information content (AvgIpc) is 2.77. The molecule has 3 rings (SSSR count). The van der Waals surface area contributed by atoms with Gasteiger partial charge in [-0.3, -0.25) is 9.59 Å². The van der Waals surface area contributed by atoms with Crippen LogP contribution in [-0.2, 0) is 11.3 Å². The van der Waals surface area contributed by atoms with Gasteiger partial charge in [0.15, 0.2) is 0 Å². The molecular weight excluding hydrogens is 398 g/mol. The summed E-state index contributed by atoms with van der Waals surface area (Å²) in [5, 5.41) is 3.43. The van der Waals surface area contributed by atoms with E-state index in [-0.39, 0.29) is 18.4 Å². The van der Waals surface area contributed by atoms with Crippen LogP contribution in [0.15, 0.2) is 54.6 Å². The predicted octanol–water partition coefficient (Wildman–Crippen LogP) is 3.83. The molecule has 1 N–H and O–H groups in total. The second-order valence-electron chi connectivity index (χ2n) is 8.01. The van der Waals surface area contributed by atoms with Crippen LogP contribution in [0, 0.1) is 5.92 Å². The van der Waals surface area contributed by atoms with Gasteiger partial charge in [-0.1, -0.05) is 48.9 Å². The monoisotopic (exact) mass is 427 g/mol. The van der Waals surface area contributed by atoms with Crippen molar-refractivity contribution in [3.63, 3.8) is 0 Å². The highest BCUT2D eigenvalue weighted by atomic mass is 35.5. The van der Waals surface area contributed by atoms with Gasteiger partial charge in [0.05, 0.1) is 6.54 Å². The lowest BCUT2D eigenvalue weighted by molar-refractivity contribution is -0.131. The number of halogens is 1. The van der Waals surface area contributed by atoms with Crippen LogP contribution in [0.3, 0.4) is 0 Å². The number of carbonyl (C=O) groups is 2. The molecular formula is C24H30ClN3O2. The van der Waals surface area contributed by atoms with Crippen molar-refractivity contribution < 1.29 is 9.59 Å². The van der Waals surface area contributed by atoms with Crippen LogP contribution in [0.25, 0.3) is 0 Å². The van der Waals surface area contributed by atoms with E-state index in [9.17, 15) is 9.59 Å². The molecule has 6 heteroatoms. The molecule has 5 nitrogen and oxygen atoms in total. The van der Waals surface area contributed by atoms with Crippen LogP contribution >= 0.6 is 11.6 Å². The Kier molecular flexibility index (Phi) is 8.29. The van der Waals surface area contributed by atoms with E-state index in [0.29, 0.717) is 23.7 Å². The summed E-state index contributed by atoms with van der Waals surface area (Å²) in [7, 11) is 0. The fraction of sp³-hybridized carbons (Fsp3) is 0.417. The zero-order chi connectivity index (χ0) is 21.3. The molecule has 160 valence electrons. The molecule has 0 atom stereocenters. The third-order valence-corrected chi connectivity index (χ3v) is 5.89. The van der Waals surface area contributed by atoms with Crippen LogP contribution in [0.4, 0.5) is 0 Å². The number of hydrogen-bond acceptors (Lipinski definition) is 3. The van der Waals surface area contributed by atoms with Crippen molar-refractivity contribution in [2.45, 2.75) is 26.3 Å². The summed E-state index contributed by atoms with van der Waals surface area (Å²) in [5.41, 5.74) is 1.58. The maximum atomic E-state index is 12.9. The minimum Gasteiger partial charge on any atom is -0.343 e. The second-order valence-corrected chi connectivity index (χ2v) is 8.45. The van der Waals surface area contributed by atoms with E-state index >= 15 is 0 Å². The maximum absolute atomic E-state index is 12.9. The molecule has 2 aromatic rings. The largest absolute Gasteiger partial charge is 0.343 e. The van der Waals surface area contributed by atoms with Crippen LogP contribution in [0.5, 0.6) is 0 Å². The molecule has 2 aromatic carbocycles. The Morgan fingerprint density at radius 1 is 1.07 bits per heavy atom. The molecule has 0 aliphatic carbocycles. The predicted molar refractivity (Wildman–Crippen MR) is 120 cm³/mol. The number of likely N-dealkylation sites (tertiary alicyclic amines) is 1. The lowest BCUT2D eigenvalue weighted by atomic mass is 9.99. The Hall–Kier alpha value is -2.37. The summed E-state index contributed by atoms with van der Waals surface area (Å²) >= 11 is 5.99.